The molecule has 4 rings (SSSR count). The highest BCUT2D eigenvalue weighted by Crippen LogP contribution is 2.43. The first-order valence-corrected chi connectivity index (χ1v) is 12.0. The number of hydrogen-bond donors (Lipinski definition) is 2. The molecule has 2 N–H and O–H groups in total. The van der Waals surface area contributed by atoms with Gasteiger partial charge in [0.25, 0.3) is 11.7 Å². The molecule has 0 bridgehead atoms. The summed E-state index contributed by atoms with van der Waals surface area (Å²) in [5, 5.41) is 20.7. The maximum Gasteiger partial charge on any atom is 0.307 e. The monoisotopic (exact) mass is 499 g/mol. The zero-order chi connectivity index (χ0) is 26.9. The molecule has 1 atom stereocenters. The molecule has 7 heteroatoms. The Bertz CT molecular complexity index is 1390. The first kappa shape index (κ1) is 25.7. The Morgan fingerprint density at radius 1 is 1.00 bits per heavy atom. The van der Waals surface area contributed by atoms with E-state index in [1.165, 1.54) is 4.90 Å². The second-order valence-electron chi connectivity index (χ2n) is 9.38. The fraction of sp³-hybridized carbons (Fsp3) is 0.233. The van der Waals surface area contributed by atoms with Gasteiger partial charge in [0.15, 0.2) is 0 Å². The van der Waals surface area contributed by atoms with Crippen molar-refractivity contribution < 1.29 is 29.3 Å². The molecule has 0 saturated carbocycles. The second-order valence-corrected chi connectivity index (χ2v) is 9.38. The van der Waals surface area contributed by atoms with Gasteiger partial charge in [0.2, 0.25) is 0 Å². The van der Waals surface area contributed by atoms with Crippen LogP contribution in [0, 0.1) is 6.92 Å². The Labute approximate surface area is 215 Å². The predicted molar refractivity (Wildman–Crippen MR) is 141 cm³/mol. The summed E-state index contributed by atoms with van der Waals surface area (Å²) in [7, 11) is 1.59. The maximum absolute atomic E-state index is 13.4. The zero-order valence-corrected chi connectivity index (χ0v) is 21.2. The molecule has 3 aromatic rings. The summed E-state index contributed by atoms with van der Waals surface area (Å²) in [6.07, 6.45) is -0.157. The summed E-state index contributed by atoms with van der Waals surface area (Å²) in [4.78, 5) is 39.3. The number of methoxy groups -OCH3 is 1. The fourth-order valence-electron chi connectivity index (χ4n) is 4.72. The van der Waals surface area contributed by atoms with E-state index in [1.54, 1.807) is 55.6 Å². The Morgan fingerprint density at radius 2 is 1.65 bits per heavy atom. The summed E-state index contributed by atoms with van der Waals surface area (Å²) in [5.74, 6) is -1.99. The molecule has 1 aliphatic heterocycles. The van der Waals surface area contributed by atoms with E-state index in [2.05, 4.69) is 0 Å². The van der Waals surface area contributed by atoms with E-state index < -0.39 is 23.7 Å². The topological polar surface area (TPSA) is 104 Å². The average molecular weight is 500 g/mol. The van der Waals surface area contributed by atoms with Crippen molar-refractivity contribution >= 4 is 29.1 Å². The van der Waals surface area contributed by atoms with Crippen LogP contribution in [-0.2, 0) is 20.8 Å². The quantitative estimate of drug-likeness (QED) is 0.257. The molecule has 7 nitrogen and oxygen atoms in total. The molecule has 37 heavy (non-hydrogen) atoms. The smallest absolute Gasteiger partial charge is 0.307 e. The van der Waals surface area contributed by atoms with Crippen LogP contribution in [0.5, 0.6) is 5.75 Å². The number of ether oxygens (including phenoxy) is 1. The number of carboxylic acids is 1. The first-order valence-electron chi connectivity index (χ1n) is 12.0. The fourth-order valence-corrected chi connectivity index (χ4v) is 4.72. The number of Topliss-reactive ketones (excluding diaryl/α,β-unsaturated/α-hetero) is 1. The van der Waals surface area contributed by atoms with Crippen LogP contribution in [0.15, 0.2) is 72.3 Å². The number of nitrogens with zero attached hydrogens (tertiary/aromatic N) is 1. The molecule has 190 valence electrons. The molecular formula is C30H29NO6. The number of rotatable bonds is 7. The number of carboxylic acid groups (broad SMARTS) is 1. The van der Waals surface area contributed by atoms with Crippen molar-refractivity contribution in [3.8, 4) is 5.75 Å². The van der Waals surface area contributed by atoms with E-state index in [0.29, 0.717) is 33.7 Å². The largest absolute Gasteiger partial charge is 0.507 e. The summed E-state index contributed by atoms with van der Waals surface area (Å²) in [6.45, 7) is 5.83. The minimum atomic E-state index is -0.965. The van der Waals surface area contributed by atoms with Crippen LogP contribution in [0.25, 0.3) is 5.76 Å². The van der Waals surface area contributed by atoms with E-state index in [0.717, 1.165) is 5.56 Å². The van der Waals surface area contributed by atoms with Crippen molar-refractivity contribution in [2.24, 2.45) is 0 Å². The Kier molecular flexibility index (Phi) is 7.16. The number of aryl methyl sites for hydroxylation is 1. The van der Waals surface area contributed by atoms with Crippen molar-refractivity contribution in [3.05, 3.63) is 100 Å². The van der Waals surface area contributed by atoms with Gasteiger partial charge in [-0.15, -0.1) is 0 Å². The van der Waals surface area contributed by atoms with Gasteiger partial charge in [-0.2, -0.15) is 0 Å². The van der Waals surface area contributed by atoms with E-state index in [1.807, 2.05) is 39.0 Å². The third kappa shape index (κ3) is 4.85. The summed E-state index contributed by atoms with van der Waals surface area (Å²) in [5.41, 5.74) is 3.68. The van der Waals surface area contributed by atoms with Gasteiger partial charge in [-0.05, 0) is 59.4 Å². The minimum Gasteiger partial charge on any atom is -0.507 e. The van der Waals surface area contributed by atoms with Gasteiger partial charge >= 0.3 is 5.97 Å². The standard InChI is InChI=1S/C30H29NO6/c1-17(2)22-16-23(18(3)14-24(22)37-4)28(34)26-27(20-8-6-5-7-9-20)31(30(36)29(26)35)21-12-10-19(11-13-21)15-25(32)33/h5-14,16-17,27,34H,15H2,1-4H3,(H,32,33)/b28-26+. The lowest BCUT2D eigenvalue weighted by molar-refractivity contribution is -0.136. The van der Waals surface area contributed by atoms with Crippen molar-refractivity contribution in [2.75, 3.05) is 12.0 Å². The number of hydrogen-bond acceptors (Lipinski definition) is 5. The van der Waals surface area contributed by atoms with Crippen LogP contribution in [-0.4, -0.2) is 35.0 Å². The van der Waals surface area contributed by atoms with Gasteiger partial charge in [0, 0.05) is 11.3 Å². The lowest BCUT2D eigenvalue weighted by Crippen LogP contribution is -2.29. The van der Waals surface area contributed by atoms with Crippen LogP contribution in [0.4, 0.5) is 5.69 Å². The summed E-state index contributed by atoms with van der Waals surface area (Å²) < 4.78 is 5.52. The van der Waals surface area contributed by atoms with Gasteiger partial charge < -0.3 is 14.9 Å². The van der Waals surface area contributed by atoms with Crippen molar-refractivity contribution in [3.63, 3.8) is 0 Å². The summed E-state index contributed by atoms with van der Waals surface area (Å²) in [6, 6.07) is 18.3. The second kappa shape index (κ2) is 10.3. The highest BCUT2D eigenvalue weighted by Gasteiger charge is 2.47. The molecule has 0 spiro atoms. The number of benzene rings is 3. The van der Waals surface area contributed by atoms with Crippen LogP contribution < -0.4 is 9.64 Å². The van der Waals surface area contributed by atoms with Crippen LogP contribution in [0.3, 0.4) is 0 Å². The molecule has 3 aromatic carbocycles. The highest BCUT2D eigenvalue weighted by atomic mass is 16.5. The molecule has 1 saturated heterocycles. The number of aliphatic hydroxyl groups excluding tert-OH is 1. The predicted octanol–water partition coefficient (Wildman–Crippen LogP) is 5.38. The van der Waals surface area contributed by atoms with E-state index in [4.69, 9.17) is 9.84 Å². The van der Waals surface area contributed by atoms with E-state index in [9.17, 15) is 19.5 Å². The average Bonchev–Trinajstić information content (AvgIpc) is 3.14. The molecule has 1 unspecified atom stereocenters. The molecule has 1 aliphatic rings. The highest BCUT2D eigenvalue weighted by molar-refractivity contribution is 6.51. The summed E-state index contributed by atoms with van der Waals surface area (Å²) >= 11 is 0. The van der Waals surface area contributed by atoms with Crippen molar-refractivity contribution in [1.29, 1.82) is 0 Å². The zero-order valence-electron chi connectivity index (χ0n) is 21.2. The van der Waals surface area contributed by atoms with E-state index >= 15 is 0 Å². The number of ketones is 1. The SMILES string of the molecule is COc1cc(C)c(/C(O)=C2\C(=O)C(=O)N(c3ccc(CC(=O)O)cc3)C2c2ccccc2)cc1C(C)C. The molecule has 0 radical (unpaired) electrons. The number of aliphatic carboxylic acids is 1. The molecule has 1 heterocycles. The molecular weight excluding hydrogens is 470 g/mol. The van der Waals surface area contributed by atoms with E-state index in [-0.39, 0.29) is 23.7 Å². The molecule has 0 aromatic heterocycles. The van der Waals surface area contributed by atoms with Crippen LogP contribution in [0.1, 0.15) is 53.6 Å². The Balaban J connectivity index is 1.91. The molecule has 0 aliphatic carbocycles. The third-order valence-electron chi connectivity index (χ3n) is 6.58. The third-order valence-corrected chi connectivity index (χ3v) is 6.58. The van der Waals surface area contributed by atoms with Gasteiger partial charge in [-0.25, -0.2) is 0 Å². The number of carbonyl (C=O) groups is 3. The van der Waals surface area contributed by atoms with Gasteiger partial charge in [-0.3, -0.25) is 19.3 Å². The number of carbonyl (C=O) groups excluding carboxylic acids is 2. The Hall–Kier alpha value is -4.39. The molecule has 1 fully saturated rings. The number of anilines is 1. The van der Waals surface area contributed by atoms with Gasteiger partial charge in [0.1, 0.15) is 11.5 Å². The van der Waals surface area contributed by atoms with Gasteiger partial charge in [-0.1, -0.05) is 56.3 Å². The first-order chi connectivity index (χ1) is 17.6. The minimum absolute atomic E-state index is 0.00575. The van der Waals surface area contributed by atoms with Crippen molar-refractivity contribution in [2.45, 2.75) is 39.2 Å². The van der Waals surface area contributed by atoms with Crippen molar-refractivity contribution in [1.82, 2.24) is 0 Å². The number of aliphatic hydroxyl groups is 1. The maximum atomic E-state index is 13.4. The lowest BCUT2D eigenvalue weighted by Gasteiger charge is -2.26. The normalized spacial score (nSPS) is 16.9. The van der Waals surface area contributed by atoms with Crippen LogP contribution in [0.2, 0.25) is 0 Å². The molecule has 1 amide bonds. The number of amides is 1. The lowest BCUT2D eigenvalue weighted by atomic mass is 9.91. The van der Waals surface area contributed by atoms with Gasteiger partial charge in [0.05, 0.1) is 25.1 Å². The Morgan fingerprint density at radius 3 is 2.22 bits per heavy atom. The van der Waals surface area contributed by atoms with Crippen LogP contribution >= 0.6 is 0 Å².